The van der Waals surface area contributed by atoms with E-state index in [9.17, 15) is 9.59 Å². The Bertz CT molecular complexity index is 1080. The van der Waals surface area contributed by atoms with Gasteiger partial charge in [0, 0.05) is 18.7 Å². The fraction of sp³-hybridized carbons (Fsp3) is 0.308. The zero-order valence-electron chi connectivity index (χ0n) is 18.9. The lowest BCUT2D eigenvalue weighted by Crippen LogP contribution is -2.43. The van der Waals surface area contributed by atoms with Crippen LogP contribution in [-0.2, 0) is 17.9 Å². The highest BCUT2D eigenvalue weighted by Gasteiger charge is 2.25. The van der Waals surface area contributed by atoms with E-state index < -0.39 is 0 Å². The largest absolute Gasteiger partial charge is 0.467 e. The minimum absolute atomic E-state index is 0.0288. The van der Waals surface area contributed by atoms with Crippen molar-refractivity contribution in [3.05, 3.63) is 83.8 Å². The maximum atomic E-state index is 13.4. The molecule has 0 fully saturated rings. The summed E-state index contributed by atoms with van der Waals surface area (Å²) in [5.41, 5.74) is 1.48. The fourth-order valence-corrected chi connectivity index (χ4v) is 3.76. The van der Waals surface area contributed by atoms with Gasteiger partial charge < -0.3 is 23.7 Å². The first-order valence-corrected chi connectivity index (χ1v) is 11.0. The van der Waals surface area contributed by atoms with Gasteiger partial charge in [0.25, 0.3) is 5.91 Å². The quantitative estimate of drug-likeness (QED) is 0.487. The summed E-state index contributed by atoms with van der Waals surface area (Å²) in [5, 5.41) is 0. The molecule has 0 N–H and O–H groups in total. The van der Waals surface area contributed by atoms with E-state index in [1.54, 1.807) is 40.3 Å². The SMILES string of the molecule is CC(C)CN(CC(=O)N(Cc1ccccc1)Cc1ccco1)C(=O)c1ccc2c(c1)OCO2. The second-order valence-electron chi connectivity index (χ2n) is 8.46. The summed E-state index contributed by atoms with van der Waals surface area (Å²) in [7, 11) is 0. The van der Waals surface area contributed by atoms with Gasteiger partial charge in [0.2, 0.25) is 12.7 Å². The molecule has 33 heavy (non-hydrogen) atoms. The molecule has 0 aliphatic carbocycles. The highest BCUT2D eigenvalue weighted by molar-refractivity contribution is 5.97. The third kappa shape index (κ3) is 5.74. The molecule has 1 aliphatic heterocycles. The first-order valence-electron chi connectivity index (χ1n) is 11.0. The monoisotopic (exact) mass is 448 g/mol. The highest BCUT2D eigenvalue weighted by atomic mass is 16.7. The lowest BCUT2D eigenvalue weighted by Gasteiger charge is -2.28. The number of ether oxygens (including phenoxy) is 2. The van der Waals surface area contributed by atoms with Crippen molar-refractivity contribution in [2.24, 2.45) is 5.92 Å². The number of hydrogen-bond donors (Lipinski definition) is 0. The van der Waals surface area contributed by atoms with Gasteiger partial charge in [0.15, 0.2) is 11.5 Å². The Morgan fingerprint density at radius 1 is 0.909 bits per heavy atom. The molecule has 0 spiro atoms. The fourth-order valence-electron chi connectivity index (χ4n) is 3.76. The van der Waals surface area contributed by atoms with Crippen LogP contribution in [0.25, 0.3) is 0 Å². The van der Waals surface area contributed by atoms with Crippen molar-refractivity contribution in [1.82, 2.24) is 9.80 Å². The first-order chi connectivity index (χ1) is 16.0. The summed E-state index contributed by atoms with van der Waals surface area (Å²) >= 11 is 0. The molecule has 0 saturated heterocycles. The molecule has 172 valence electrons. The van der Waals surface area contributed by atoms with Crippen LogP contribution in [0, 0.1) is 5.92 Å². The minimum Gasteiger partial charge on any atom is -0.467 e. The van der Waals surface area contributed by atoms with E-state index in [-0.39, 0.29) is 31.1 Å². The van der Waals surface area contributed by atoms with Gasteiger partial charge in [-0.15, -0.1) is 0 Å². The van der Waals surface area contributed by atoms with Gasteiger partial charge in [0.1, 0.15) is 12.3 Å². The van der Waals surface area contributed by atoms with E-state index in [0.717, 1.165) is 5.56 Å². The number of fused-ring (bicyclic) bond motifs is 1. The van der Waals surface area contributed by atoms with Crippen LogP contribution in [0.1, 0.15) is 35.5 Å². The maximum Gasteiger partial charge on any atom is 0.254 e. The van der Waals surface area contributed by atoms with Crippen LogP contribution < -0.4 is 9.47 Å². The maximum absolute atomic E-state index is 13.4. The van der Waals surface area contributed by atoms with Gasteiger partial charge in [-0.2, -0.15) is 0 Å². The van der Waals surface area contributed by atoms with Gasteiger partial charge in [-0.1, -0.05) is 44.2 Å². The smallest absolute Gasteiger partial charge is 0.254 e. The molecule has 1 aromatic heterocycles. The van der Waals surface area contributed by atoms with Crippen LogP contribution in [0.15, 0.2) is 71.3 Å². The van der Waals surface area contributed by atoms with Crippen LogP contribution in [0.5, 0.6) is 11.5 Å². The topological polar surface area (TPSA) is 72.2 Å². The van der Waals surface area contributed by atoms with Crippen molar-refractivity contribution in [3.63, 3.8) is 0 Å². The van der Waals surface area contributed by atoms with Gasteiger partial charge in [-0.3, -0.25) is 9.59 Å². The molecule has 0 atom stereocenters. The van der Waals surface area contributed by atoms with Crippen LogP contribution in [0.4, 0.5) is 0 Å². The molecule has 1 aliphatic rings. The van der Waals surface area contributed by atoms with Crippen molar-refractivity contribution >= 4 is 11.8 Å². The molecule has 0 radical (unpaired) electrons. The summed E-state index contributed by atoms with van der Waals surface area (Å²) in [6, 6.07) is 18.5. The van der Waals surface area contributed by atoms with Crippen LogP contribution in [0.3, 0.4) is 0 Å². The normalized spacial score (nSPS) is 12.1. The lowest BCUT2D eigenvalue weighted by molar-refractivity contribution is -0.133. The molecule has 3 aromatic rings. The molecule has 2 amide bonds. The van der Waals surface area contributed by atoms with E-state index in [2.05, 4.69) is 0 Å². The molecule has 4 rings (SSSR count). The van der Waals surface area contributed by atoms with Crippen molar-refractivity contribution in [2.45, 2.75) is 26.9 Å². The molecule has 7 heteroatoms. The second-order valence-corrected chi connectivity index (χ2v) is 8.46. The third-order valence-corrected chi connectivity index (χ3v) is 5.31. The summed E-state index contributed by atoms with van der Waals surface area (Å²) in [6.45, 7) is 5.37. The Morgan fingerprint density at radius 2 is 1.70 bits per heavy atom. The molecule has 2 aromatic carbocycles. The van der Waals surface area contributed by atoms with Crippen LogP contribution in [0.2, 0.25) is 0 Å². The van der Waals surface area contributed by atoms with Crippen LogP contribution in [-0.4, -0.2) is 41.5 Å². The predicted molar refractivity (Wildman–Crippen MR) is 123 cm³/mol. The zero-order valence-corrected chi connectivity index (χ0v) is 18.9. The zero-order chi connectivity index (χ0) is 23.2. The third-order valence-electron chi connectivity index (χ3n) is 5.31. The van der Waals surface area contributed by atoms with Crippen molar-refractivity contribution in [1.29, 1.82) is 0 Å². The van der Waals surface area contributed by atoms with Gasteiger partial charge in [0.05, 0.1) is 12.8 Å². The Labute approximate surface area is 193 Å². The van der Waals surface area contributed by atoms with Gasteiger partial charge >= 0.3 is 0 Å². The molecule has 7 nitrogen and oxygen atoms in total. The number of amides is 2. The number of furan rings is 1. The number of carbonyl (C=O) groups excluding carboxylic acids is 2. The number of rotatable bonds is 9. The van der Waals surface area contributed by atoms with E-state index in [4.69, 9.17) is 13.9 Å². The Kier molecular flexibility index (Phi) is 6.98. The highest BCUT2D eigenvalue weighted by Crippen LogP contribution is 2.32. The number of hydrogen-bond acceptors (Lipinski definition) is 5. The van der Waals surface area contributed by atoms with Crippen molar-refractivity contribution in [2.75, 3.05) is 19.9 Å². The molecule has 2 heterocycles. The molecular formula is C26H28N2O5. The molecule has 0 unspecified atom stereocenters. The second kappa shape index (κ2) is 10.3. The Hall–Kier alpha value is -3.74. The van der Waals surface area contributed by atoms with Crippen molar-refractivity contribution < 1.29 is 23.5 Å². The summed E-state index contributed by atoms with van der Waals surface area (Å²) in [4.78, 5) is 30.1. The predicted octanol–water partition coefficient (Wildman–Crippen LogP) is 4.34. The molecular weight excluding hydrogens is 420 g/mol. The average molecular weight is 449 g/mol. The number of benzene rings is 2. The average Bonchev–Trinajstić information content (AvgIpc) is 3.49. The summed E-state index contributed by atoms with van der Waals surface area (Å²) < 4.78 is 16.2. The van der Waals surface area contributed by atoms with Crippen molar-refractivity contribution in [3.8, 4) is 11.5 Å². The van der Waals surface area contributed by atoms with E-state index in [1.807, 2.05) is 50.2 Å². The van der Waals surface area contributed by atoms with E-state index in [1.165, 1.54) is 0 Å². The minimum atomic E-state index is -0.215. The van der Waals surface area contributed by atoms with E-state index >= 15 is 0 Å². The lowest BCUT2D eigenvalue weighted by atomic mass is 10.1. The molecule has 0 saturated carbocycles. The summed E-state index contributed by atoms with van der Waals surface area (Å²) in [6.07, 6.45) is 1.59. The van der Waals surface area contributed by atoms with Gasteiger partial charge in [-0.05, 0) is 41.8 Å². The first kappa shape index (κ1) is 22.5. The molecule has 0 bridgehead atoms. The Balaban J connectivity index is 1.53. The Morgan fingerprint density at radius 3 is 2.42 bits per heavy atom. The number of carbonyl (C=O) groups is 2. The standard InChI is InChI=1S/C26H28N2O5/c1-19(2)14-28(26(30)21-10-11-23-24(13-21)33-18-32-23)17-25(29)27(16-22-9-6-12-31-22)15-20-7-4-3-5-8-20/h3-13,19H,14-18H2,1-2H3. The van der Waals surface area contributed by atoms with E-state index in [0.29, 0.717) is 42.5 Å². The van der Waals surface area contributed by atoms with Gasteiger partial charge in [-0.25, -0.2) is 0 Å². The summed E-state index contributed by atoms with van der Waals surface area (Å²) in [5.74, 6) is 1.68. The van der Waals surface area contributed by atoms with Crippen LogP contribution >= 0.6 is 0 Å². The number of nitrogens with zero attached hydrogens (tertiary/aromatic N) is 2.